The van der Waals surface area contributed by atoms with Gasteiger partial charge in [-0.2, -0.15) is 0 Å². The second-order valence-corrected chi connectivity index (χ2v) is 11.9. The highest BCUT2D eigenvalue weighted by Gasteiger charge is 2.18. The smallest absolute Gasteiger partial charge is 0.0197 e. The molecule has 0 amide bonds. The summed E-state index contributed by atoms with van der Waals surface area (Å²) in [7, 11) is 0. The van der Waals surface area contributed by atoms with Crippen LogP contribution in [0.2, 0.25) is 0 Å². The van der Waals surface area contributed by atoms with Crippen LogP contribution in [0, 0.1) is 6.92 Å². The quantitative estimate of drug-likeness (QED) is 0.123. The molecule has 0 bridgehead atoms. The molecule has 42 heavy (non-hydrogen) atoms. The lowest BCUT2D eigenvalue weighted by molar-refractivity contribution is 1.42. The lowest BCUT2D eigenvalue weighted by Crippen LogP contribution is -1.92. The van der Waals surface area contributed by atoms with Crippen molar-refractivity contribution in [1.29, 1.82) is 0 Å². The van der Waals surface area contributed by atoms with E-state index >= 15 is 0 Å². The third-order valence-electron chi connectivity index (χ3n) is 9.23. The van der Waals surface area contributed by atoms with Crippen molar-refractivity contribution in [2.45, 2.75) is 11.8 Å². The van der Waals surface area contributed by atoms with Gasteiger partial charge in [-0.25, -0.2) is 0 Å². The maximum absolute atomic E-state index is 5.04. The van der Waals surface area contributed by atoms with Crippen LogP contribution in [0.3, 0.4) is 0 Å². The van der Waals surface area contributed by atoms with E-state index in [1.54, 1.807) is 0 Å². The molecule has 0 radical (unpaired) electrons. The van der Waals surface area contributed by atoms with Gasteiger partial charge in [0.2, 0.25) is 0 Å². The van der Waals surface area contributed by atoms with Gasteiger partial charge in [0.25, 0.3) is 0 Å². The van der Waals surface area contributed by atoms with Crippen molar-refractivity contribution >= 4 is 77.3 Å². The molecular formula is C41H26S. The Bertz CT molecular complexity index is 2430. The number of aryl methyl sites for hydroxylation is 1. The molecule has 0 aliphatic heterocycles. The highest BCUT2D eigenvalue weighted by Crippen LogP contribution is 2.46. The monoisotopic (exact) mass is 550 g/mol. The van der Waals surface area contributed by atoms with Crippen LogP contribution in [0.15, 0.2) is 138 Å². The molecule has 9 aromatic carbocycles. The Morgan fingerprint density at radius 3 is 1.55 bits per heavy atom. The predicted octanol–water partition coefficient (Wildman–Crippen LogP) is 12.0. The molecule has 0 fully saturated rings. The van der Waals surface area contributed by atoms with Gasteiger partial charge < -0.3 is 0 Å². The zero-order chi connectivity index (χ0) is 27.9. The summed E-state index contributed by atoms with van der Waals surface area (Å²) in [5, 5.41) is 15.6. The van der Waals surface area contributed by atoms with E-state index in [0.29, 0.717) is 0 Å². The summed E-state index contributed by atoms with van der Waals surface area (Å²) >= 11 is 5.04. The standard InChI is InChI=1S/C41H26S/c1-24-17-18-26(21-36(24)35-20-19-25-9-2-3-10-28(25)41(35)42)27-22-37-31-13-6-4-11-29(31)33-15-8-16-34-30-12-5-7-14-32(30)38(23-27)40(37)39(33)34/h2-23,42H,1H3. The fraction of sp³-hybridized carbons (Fsp3) is 0.0244. The van der Waals surface area contributed by atoms with Crippen LogP contribution < -0.4 is 0 Å². The Kier molecular flexibility index (Phi) is 5.00. The summed E-state index contributed by atoms with van der Waals surface area (Å²) in [6, 6.07) is 49.2. The zero-order valence-electron chi connectivity index (χ0n) is 23.1. The predicted molar refractivity (Wildman–Crippen MR) is 186 cm³/mol. The second-order valence-electron chi connectivity index (χ2n) is 11.5. The van der Waals surface area contributed by atoms with Crippen LogP contribution in [-0.2, 0) is 0 Å². The first kappa shape index (κ1) is 23.8. The molecule has 9 rings (SSSR count). The number of thiol groups is 1. The van der Waals surface area contributed by atoms with E-state index in [1.165, 1.54) is 92.5 Å². The number of fused-ring (bicyclic) bond motifs is 7. The van der Waals surface area contributed by atoms with Gasteiger partial charge in [-0.15, -0.1) is 12.6 Å². The molecule has 0 aromatic heterocycles. The van der Waals surface area contributed by atoms with Crippen molar-refractivity contribution in [1.82, 2.24) is 0 Å². The summed E-state index contributed by atoms with van der Waals surface area (Å²) < 4.78 is 0. The van der Waals surface area contributed by atoms with Crippen LogP contribution >= 0.6 is 12.6 Å². The maximum Gasteiger partial charge on any atom is 0.0197 e. The summed E-state index contributed by atoms with van der Waals surface area (Å²) in [4.78, 5) is 1.03. The maximum atomic E-state index is 5.04. The molecule has 0 N–H and O–H groups in total. The van der Waals surface area contributed by atoms with Gasteiger partial charge in [0.15, 0.2) is 0 Å². The molecule has 0 nitrogen and oxygen atoms in total. The van der Waals surface area contributed by atoms with Gasteiger partial charge in [0, 0.05) is 4.90 Å². The van der Waals surface area contributed by atoms with Gasteiger partial charge in [-0.3, -0.25) is 0 Å². The molecular weight excluding hydrogens is 525 g/mol. The zero-order valence-corrected chi connectivity index (χ0v) is 24.0. The topological polar surface area (TPSA) is 0 Å². The first-order chi connectivity index (χ1) is 20.7. The molecule has 1 heteroatoms. The molecule has 0 aliphatic rings. The minimum atomic E-state index is 1.03. The van der Waals surface area contributed by atoms with Gasteiger partial charge in [0.1, 0.15) is 0 Å². The van der Waals surface area contributed by atoms with Crippen molar-refractivity contribution in [2.24, 2.45) is 0 Å². The summed E-state index contributed by atoms with van der Waals surface area (Å²) in [5.41, 5.74) is 6.10. The summed E-state index contributed by atoms with van der Waals surface area (Å²) in [5.74, 6) is 0. The Morgan fingerprint density at radius 1 is 0.381 bits per heavy atom. The third-order valence-corrected chi connectivity index (χ3v) is 9.71. The number of hydrogen-bond acceptors (Lipinski definition) is 1. The molecule has 0 heterocycles. The largest absolute Gasteiger partial charge is 0.142 e. The van der Waals surface area contributed by atoms with Gasteiger partial charge in [-0.1, -0.05) is 115 Å². The molecule has 0 saturated carbocycles. The molecule has 0 aliphatic carbocycles. The van der Waals surface area contributed by atoms with Crippen molar-refractivity contribution in [3.8, 4) is 22.3 Å². The minimum Gasteiger partial charge on any atom is -0.142 e. The Morgan fingerprint density at radius 2 is 0.905 bits per heavy atom. The molecule has 0 atom stereocenters. The van der Waals surface area contributed by atoms with Crippen LogP contribution in [0.4, 0.5) is 0 Å². The molecule has 0 saturated heterocycles. The normalized spacial score (nSPS) is 12.0. The average molecular weight is 551 g/mol. The molecule has 196 valence electrons. The van der Waals surface area contributed by atoms with E-state index in [4.69, 9.17) is 12.6 Å². The number of hydrogen-bond donors (Lipinski definition) is 1. The lowest BCUT2D eigenvalue weighted by atomic mass is 9.84. The van der Waals surface area contributed by atoms with Crippen LogP contribution in [0.25, 0.3) is 86.9 Å². The van der Waals surface area contributed by atoms with E-state index in [1.807, 2.05) is 0 Å². The molecule has 0 spiro atoms. The van der Waals surface area contributed by atoms with E-state index in [-0.39, 0.29) is 0 Å². The fourth-order valence-corrected chi connectivity index (χ4v) is 7.64. The summed E-state index contributed by atoms with van der Waals surface area (Å²) in [6.45, 7) is 2.20. The van der Waals surface area contributed by atoms with Crippen molar-refractivity contribution in [3.63, 3.8) is 0 Å². The lowest BCUT2D eigenvalue weighted by Gasteiger charge is -2.19. The number of benzene rings is 9. The van der Waals surface area contributed by atoms with E-state index in [2.05, 4.69) is 140 Å². The first-order valence-electron chi connectivity index (χ1n) is 14.5. The highest BCUT2D eigenvalue weighted by molar-refractivity contribution is 7.80. The van der Waals surface area contributed by atoms with Crippen LogP contribution in [-0.4, -0.2) is 0 Å². The van der Waals surface area contributed by atoms with Crippen molar-refractivity contribution in [3.05, 3.63) is 139 Å². The highest BCUT2D eigenvalue weighted by atomic mass is 32.1. The van der Waals surface area contributed by atoms with E-state index < -0.39 is 0 Å². The van der Waals surface area contributed by atoms with E-state index in [9.17, 15) is 0 Å². The Labute approximate surface area is 249 Å². The van der Waals surface area contributed by atoms with Crippen molar-refractivity contribution < 1.29 is 0 Å². The van der Waals surface area contributed by atoms with Gasteiger partial charge in [-0.05, 0) is 118 Å². The minimum absolute atomic E-state index is 1.03. The molecule has 9 aromatic rings. The Hall–Kier alpha value is -4.85. The van der Waals surface area contributed by atoms with Crippen LogP contribution in [0.1, 0.15) is 5.56 Å². The van der Waals surface area contributed by atoms with Crippen molar-refractivity contribution in [2.75, 3.05) is 0 Å². The average Bonchev–Trinajstić information content (AvgIpc) is 3.05. The van der Waals surface area contributed by atoms with Crippen LogP contribution in [0.5, 0.6) is 0 Å². The number of rotatable bonds is 2. The van der Waals surface area contributed by atoms with E-state index in [0.717, 1.165) is 4.90 Å². The van der Waals surface area contributed by atoms with Gasteiger partial charge >= 0.3 is 0 Å². The summed E-state index contributed by atoms with van der Waals surface area (Å²) in [6.07, 6.45) is 0. The van der Waals surface area contributed by atoms with Gasteiger partial charge in [0.05, 0.1) is 0 Å². The Balaban J connectivity index is 1.39. The second kappa shape index (κ2) is 8.82. The first-order valence-corrected chi connectivity index (χ1v) is 15.0. The fourth-order valence-electron chi connectivity index (χ4n) is 7.24. The molecule has 0 unspecified atom stereocenters. The SMILES string of the molecule is Cc1ccc(-c2cc3c4ccccc4c4cccc5c6ccccc6c(c2)c3c45)cc1-c1ccc2ccccc2c1S. The third kappa shape index (κ3) is 3.26.